The van der Waals surface area contributed by atoms with Crippen LogP contribution in [0.5, 0.6) is 0 Å². The maximum absolute atomic E-state index is 12.5. The third kappa shape index (κ3) is 4.19. The highest BCUT2D eigenvalue weighted by atomic mass is 16.6. The summed E-state index contributed by atoms with van der Waals surface area (Å²) in [6, 6.07) is 19.7. The van der Waals surface area contributed by atoms with E-state index in [-0.39, 0.29) is 12.1 Å². The highest BCUT2D eigenvalue weighted by Gasteiger charge is 2.31. The van der Waals surface area contributed by atoms with Crippen LogP contribution in [0.4, 0.5) is 4.79 Å². The molecule has 1 fully saturated rings. The summed E-state index contributed by atoms with van der Waals surface area (Å²) < 4.78 is 11.1. The molecule has 5 nitrogen and oxygen atoms in total. The quantitative estimate of drug-likeness (QED) is 0.661. The van der Waals surface area contributed by atoms with E-state index in [0.29, 0.717) is 25.5 Å². The van der Waals surface area contributed by atoms with Crippen molar-refractivity contribution in [1.29, 1.82) is 0 Å². The Labute approximate surface area is 158 Å². The molecule has 0 aliphatic carbocycles. The van der Waals surface area contributed by atoms with E-state index in [1.165, 1.54) is 0 Å². The van der Waals surface area contributed by atoms with Crippen LogP contribution in [0.25, 0.3) is 11.3 Å². The molecule has 0 unspecified atom stereocenters. The predicted octanol–water partition coefficient (Wildman–Crippen LogP) is 4.69. The molecule has 1 atom stereocenters. The highest BCUT2D eigenvalue weighted by molar-refractivity contribution is 5.68. The summed E-state index contributed by atoms with van der Waals surface area (Å²) in [6.45, 7) is 1.00. The number of carbonyl (C=O) groups is 1. The van der Waals surface area contributed by atoms with E-state index in [2.05, 4.69) is 4.98 Å². The first-order chi connectivity index (χ1) is 13.3. The largest absolute Gasteiger partial charge is 0.448 e. The number of amides is 1. The Morgan fingerprint density at radius 3 is 2.63 bits per heavy atom. The molecule has 0 spiro atoms. The van der Waals surface area contributed by atoms with Crippen LogP contribution >= 0.6 is 0 Å². The maximum atomic E-state index is 12.5. The van der Waals surface area contributed by atoms with Crippen LogP contribution in [0.3, 0.4) is 0 Å². The van der Waals surface area contributed by atoms with Crippen molar-refractivity contribution >= 4 is 6.09 Å². The van der Waals surface area contributed by atoms with Gasteiger partial charge in [0.05, 0.1) is 0 Å². The van der Waals surface area contributed by atoms with E-state index in [1.807, 2.05) is 60.7 Å². The normalized spacial score (nSPS) is 16.4. The SMILES string of the molecule is O=C(OCc1ccccc1)N1CCC[C@H]1Cc1nc(-c2ccccc2)co1. The molecule has 27 heavy (non-hydrogen) atoms. The molecule has 2 heterocycles. The molecular formula is C22H22N2O3. The number of hydrogen-bond donors (Lipinski definition) is 0. The molecule has 0 radical (unpaired) electrons. The van der Waals surface area contributed by atoms with Gasteiger partial charge in [0.25, 0.3) is 0 Å². The van der Waals surface area contributed by atoms with Crippen molar-refractivity contribution in [2.24, 2.45) is 0 Å². The molecule has 1 saturated heterocycles. The van der Waals surface area contributed by atoms with Crippen molar-refractivity contribution in [1.82, 2.24) is 9.88 Å². The number of benzene rings is 2. The van der Waals surface area contributed by atoms with Crippen molar-refractivity contribution in [3.05, 3.63) is 78.4 Å². The van der Waals surface area contributed by atoms with Gasteiger partial charge >= 0.3 is 6.09 Å². The maximum Gasteiger partial charge on any atom is 0.410 e. The number of oxazole rings is 1. The van der Waals surface area contributed by atoms with Gasteiger partial charge in [0.2, 0.25) is 0 Å². The van der Waals surface area contributed by atoms with Gasteiger partial charge in [-0.2, -0.15) is 0 Å². The van der Waals surface area contributed by atoms with Crippen molar-refractivity contribution in [2.75, 3.05) is 6.54 Å². The lowest BCUT2D eigenvalue weighted by atomic mass is 10.1. The number of ether oxygens (including phenoxy) is 1. The molecular weight excluding hydrogens is 340 g/mol. The third-order valence-corrected chi connectivity index (χ3v) is 4.85. The van der Waals surface area contributed by atoms with Crippen molar-refractivity contribution in [2.45, 2.75) is 31.9 Å². The Bertz CT molecular complexity index is 877. The average molecular weight is 362 g/mol. The zero-order valence-corrected chi connectivity index (χ0v) is 15.1. The zero-order valence-electron chi connectivity index (χ0n) is 15.1. The summed E-state index contributed by atoms with van der Waals surface area (Å²) in [4.78, 5) is 18.9. The minimum Gasteiger partial charge on any atom is -0.448 e. The van der Waals surface area contributed by atoms with E-state index in [1.54, 1.807) is 11.2 Å². The first kappa shape index (κ1) is 17.3. The van der Waals surface area contributed by atoms with Gasteiger partial charge in [-0.15, -0.1) is 0 Å². The number of rotatable bonds is 5. The van der Waals surface area contributed by atoms with Crippen molar-refractivity contribution < 1.29 is 13.9 Å². The molecule has 4 rings (SSSR count). The van der Waals surface area contributed by atoms with Crippen LogP contribution < -0.4 is 0 Å². The lowest BCUT2D eigenvalue weighted by Crippen LogP contribution is -2.37. The lowest BCUT2D eigenvalue weighted by Gasteiger charge is -2.23. The van der Waals surface area contributed by atoms with Gasteiger partial charge in [0, 0.05) is 24.6 Å². The number of nitrogens with zero attached hydrogens (tertiary/aromatic N) is 2. The molecule has 2 aromatic carbocycles. The second-order valence-electron chi connectivity index (χ2n) is 6.73. The van der Waals surface area contributed by atoms with Crippen molar-refractivity contribution in [3.63, 3.8) is 0 Å². The predicted molar refractivity (Wildman–Crippen MR) is 102 cm³/mol. The number of carbonyl (C=O) groups excluding carboxylic acids is 1. The summed E-state index contributed by atoms with van der Waals surface area (Å²) in [5.74, 6) is 0.654. The summed E-state index contributed by atoms with van der Waals surface area (Å²) in [5, 5.41) is 0. The second-order valence-corrected chi connectivity index (χ2v) is 6.73. The van der Waals surface area contributed by atoms with Crippen LogP contribution in [0.15, 0.2) is 71.3 Å². The van der Waals surface area contributed by atoms with Gasteiger partial charge < -0.3 is 14.1 Å². The Kier molecular flexibility index (Phi) is 5.19. The Hall–Kier alpha value is -3.08. The van der Waals surface area contributed by atoms with Gasteiger partial charge in [0.15, 0.2) is 5.89 Å². The smallest absolute Gasteiger partial charge is 0.410 e. The number of hydrogen-bond acceptors (Lipinski definition) is 4. The zero-order chi connectivity index (χ0) is 18.5. The first-order valence-electron chi connectivity index (χ1n) is 9.27. The van der Waals surface area contributed by atoms with Crippen LogP contribution in [0.1, 0.15) is 24.3 Å². The third-order valence-electron chi connectivity index (χ3n) is 4.85. The monoisotopic (exact) mass is 362 g/mol. The summed E-state index contributed by atoms with van der Waals surface area (Å²) in [5.41, 5.74) is 2.83. The van der Waals surface area contributed by atoms with E-state index in [9.17, 15) is 4.79 Å². The molecule has 0 bridgehead atoms. The molecule has 0 saturated carbocycles. The second kappa shape index (κ2) is 8.08. The fourth-order valence-electron chi connectivity index (χ4n) is 3.44. The molecule has 0 N–H and O–H groups in total. The van der Waals surface area contributed by atoms with E-state index < -0.39 is 0 Å². The van der Waals surface area contributed by atoms with E-state index in [0.717, 1.165) is 29.7 Å². The Morgan fingerprint density at radius 2 is 1.85 bits per heavy atom. The average Bonchev–Trinajstić information content (AvgIpc) is 3.38. The fourth-order valence-corrected chi connectivity index (χ4v) is 3.44. The Balaban J connectivity index is 1.37. The molecule has 5 heteroatoms. The van der Waals surface area contributed by atoms with Gasteiger partial charge in [-0.1, -0.05) is 60.7 Å². The van der Waals surface area contributed by atoms with Gasteiger partial charge in [-0.3, -0.25) is 0 Å². The van der Waals surface area contributed by atoms with Gasteiger partial charge in [-0.05, 0) is 18.4 Å². The molecule has 1 amide bonds. The number of likely N-dealkylation sites (tertiary alicyclic amines) is 1. The van der Waals surface area contributed by atoms with Crippen LogP contribution in [-0.2, 0) is 17.8 Å². The standard InChI is InChI=1S/C22H22N2O3/c25-22(27-15-17-8-3-1-4-9-17)24-13-7-12-19(24)14-21-23-20(16-26-21)18-10-5-2-6-11-18/h1-6,8-11,16,19H,7,12-15H2/t19-/m0/s1. The highest BCUT2D eigenvalue weighted by Crippen LogP contribution is 2.24. The van der Waals surface area contributed by atoms with E-state index >= 15 is 0 Å². The van der Waals surface area contributed by atoms with Gasteiger partial charge in [0.1, 0.15) is 18.6 Å². The van der Waals surface area contributed by atoms with Crippen LogP contribution in [0.2, 0.25) is 0 Å². The molecule has 1 aromatic heterocycles. The summed E-state index contributed by atoms with van der Waals surface area (Å²) >= 11 is 0. The van der Waals surface area contributed by atoms with Gasteiger partial charge in [-0.25, -0.2) is 9.78 Å². The van der Waals surface area contributed by atoms with Crippen LogP contribution in [0, 0.1) is 0 Å². The minimum atomic E-state index is -0.267. The molecule has 1 aliphatic rings. The molecule has 3 aromatic rings. The fraction of sp³-hybridized carbons (Fsp3) is 0.273. The lowest BCUT2D eigenvalue weighted by molar-refractivity contribution is 0.0912. The van der Waals surface area contributed by atoms with E-state index in [4.69, 9.17) is 9.15 Å². The molecule has 138 valence electrons. The Morgan fingerprint density at radius 1 is 1.11 bits per heavy atom. The molecule has 1 aliphatic heterocycles. The topological polar surface area (TPSA) is 55.6 Å². The number of aromatic nitrogens is 1. The first-order valence-corrected chi connectivity index (χ1v) is 9.27. The van der Waals surface area contributed by atoms with Crippen molar-refractivity contribution in [3.8, 4) is 11.3 Å². The van der Waals surface area contributed by atoms with Crippen LogP contribution in [-0.4, -0.2) is 28.6 Å². The summed E-state index contributed by atoms with van der Waals surface area (Å²) in [7, 11) is 0. The minimum absolute atomic E-state index is 0.0653. The summed E-state index contributed by atoms with van der Waals surface area (Å²) in [6.07, 6.45) is 3.92.